The van der Waals surface area contributed by atoms with E-state index in [-0.39, 0.29) is 0 Å². The average Bonchev–Trinajstić information content (AvgIpc) is 3.02. The summed E-state index contributed by atoms with van der Waals surface area (Å²) < 4.78 is 11.5. The van der Waals surface area contributed by atoms with E-state index < -0.39 is 0 Å². The van der Waals surface area contributed by atoms with Gasteiger partial charge in [-0.1, -0.05) is 18.2 Å². The maximum atomic E-state index is 5.78. The molecule has 0 aliphatic heterocycles. The zero-order chi connectivity index (χ0) is 19.8. The van der Waals surface area contributed by atoms with Crippen molar-refractivity contribution in [2.24, 2.45) is 7.05 Å². The molecule has 0 atom stereocenters. The molecule has 2 aromatic carbocycles. The van der Waals surface area contributed by atoms with Crippen LogP contribution in [0, 0.1) is 0 Å². The van der Waals surface area contributed by atoms with Gasteiger partial charge in [-0.15, -0.1) is 0 Å². The number of para-hydroxylation sites is 1. The van der Waals surface area contributed by atoms with Crippen LogP contribution >= 0.6 is 11.9 Å². The largest absolute Gasteiger partial charge is 0.494 e. The number of ether oxygens (including phenoxy) is 1. The molecular weight excluding hydrogens is 366 g/mol. The van der Waals surface area contributed by atoms with Crippen LogP contribution in [0.3, 0.4) is 0 Å². The van der Waals surface area contributed by atoms with Crippen LogP contribution in [-0.4, -0.2) is 43.3 Å². The molecule has 150 valence electrons. The van der Waals surface area contributed by atoms with Gasteiger partial charge in [0, 0.05) is 42.1 Å². The lowest BCUT2D eigenvalue weighted by molar-refractivity contribution is 0.281. The van der Waals surface area contributed by atoms with E-state index in [9.17, 15) is 0 Å². The second-order valence-corrected chi connectivity index (χ2v) is 8.32. The Bertz CT molecular complexity index is 858. The zero-order valence-electron chi connectivity index (χ0n) is 17.1. The molecule has 0 saturated heterocycles. The van der Waals surface area contributed by atoms with Gasteiger partial charge in [-0.2, -0.15) is 0 Å². The fourth-order valence-electron chi connectivity index (χ4n) is 3.28. The smallest absolute Gasteiger partial charge is 0.119 e. The van der Waals surface area contributed by atoms with Crippen molar-refractivity contribution in [3.05, 3.63) is 60.3 Å². The van der Waals surface area contributed by atoms with Crippen LogP contribution in [0.5, 0.6) is 5.75 Å². The molecule has 0 saturated carbocycles. The second-order valence-electron chi connectivity index (χ2n) is 7.36. The maximum Gasteiger partial charge on any atom is 0.119 e. The highest BCUT2D eigenvalue weighted by atomic mass is 32.2. The van der Waals surface area contributed by atoms with Gasteiger partial charge < -0.3 is 14.2 Å². The summed E-state index contributed by atoms with van der Waals surface area (Å²) in [6.07, 6.45) is 5.51. The first-order chi connectivity index (χ1) is 13.6. The number of aromatic nitrogens is 1. The lowest BCUT2D eigenvalue weighted by Crippen LogP contribution is -2.15. The van der Waals surface area contributed by atoms with Crippen LogP contribution < -0.4 is 9.46 Å². The van der Waals surface area contributed by atoms with Crippen molar-refractivity contribution in [3.8, 4) is 5.75 Å². The Labute approximate surface area is 173 Å². The van der Waals surface area contributed by atoms with Crippen molar-refractivity contribution in [3.63, 3.8) is 0 Å². The van der Waals surface area contributed by atoms with Crippen molar-refractivity contribution in [2.75, 3.05) is 33.8 Å². The molecular formula is C23H31N3OS. The number of hydrogen-bond acceptors (Lipinski definition) is 4. The molecule has 1 heterocycles. The van der Waals surface area contributed by atoms with Gasteiger partial charge in [-0.25, -0.2) is 0 Å². The van der Waals surface area contributed by atoms with Crippen molar-refractivity contribution in [1.29, 1.82) is 0 Å². The van der Waals surface area contributed by atoms with Gasteiger partial charge in [0.2, 0.25) is 0 Å². The molecule has 3 rings (SSSR count). The lowest BCUT2D eigenvalue weighted by Gasteiger charge is -2.10. The zero-order valence-corrected chi connectivity index (χ0v) is 18.0. The van der Waals surface area contributed by atoms with Crippen molar-refractivity contribution < 1.29 is 4.74 Å². The molecule has 0 radical (unpaired) electrons. The normalized spacial score (nSPS) is 11.4. The summed E-state index contributed by atoms with van der Waals surface area (Å²) in [6.45, 7) is 2.80. The fourth-order valence-corrected chi connectivity index (χ4v) is 3.97. The Morgan fingerprint density at radius 1 is 1.04 bits per heavy atom. The fraction of sp³-hybridized carbons (Fsp3) is 0.391. The van der Waals surface area contributed by atoms with Gasteiger partial charge in [-0.3, -0.25) is 4.72 Å². The Morgan fingerprint density at radius 2 is 1.82 bits per heavy atom. The van der Waals surface area contributed by atoms with Gasteiger partial charge in [0.1, 0.15) is 5.75 Å². The van der Waals surface area contributed by atoms with Crippen LogP contribution in [-0.2, 0) is 13.5 Å². The topological polar surface area (TPSA) is 29.4 Å². The molecule has 0 spiro atoms. The average molecular weight is 398 g/mol. The third kappa shape index (κ3) is 6.03. The SMILES string of the molecule is CN(C)CCCOc1ccc(SNCCCc2cn(C)c3ccccc23)cc1. The predicted molar refractivity (Wildman–Crippen MR) is 120 cm³/mol. The highest BCUT2D eigenvalue weighted by Gasteiger charge is 2.05. The Hall–Kier alpha value is -1.95. The number of nitrogens with zero attached hydrogens (tertiary/aromatic N) is 2. The molecule has 1 aromatic heterocycles. The van der Waals surface area contributed by atoms with Crippen molar-refractivity contribution in [1.82, 2.24) is 14.2 Å². The van der Waals surface area contributed by atoms with Gasteiger partial charge in [-0.05, 0) is 81.2 Å². The minimum absolute atomic E-state index is 0.761. The van der Waals surface area contributed by atoms with Gasteiger partial charge in [0.15, 0.2) is 0 Å². The number of aryl methyl sites for hydroxylation is 2. The Balaban J connectivity index is 1.36. The highest BCUT2D eigenvalue weighted by Crippen LogP contribution is 2.22. The summed E-state index contributed by atoms with van der Waals surface area (Å²) in [4.78, 5) is 3.39. The second kappa shape index (κ2) is 10.6. The Kier molecular flexibility index (Phi) is 7.83. The third-order valence-corrected chi connectivity index (χ3v) is 5.59. The quantitative estimate of drug-likeness (QED) is 0.374. The van der Waals surface area contributed by atoms with E-state index in [0.717, 1.165) is 44.7 Å². The Morgan fingerprint density at radius 3 is 2.61 bits per heavy atom. The van der Waals surface area contributed by atoms with E-state index in [4.69, 9.17) is 4.74 Å². The molecule has 28 heavy (non-hydrogen) atoms. The maximum absolute atomic E-state index is 5.78. The van der Waals surface area contributed by atoms with E-state index in [1.165, 1.54) is 21.4 Å². The third-order valence-electron chi connectivity index (χ3n) is 4.74. The molecule has 0 aliphatic rings. The van der Waals surface area contributed by atoms with Crippen LogP contribution in [0.25, 0.3) is 10.9 Å². The van der Waals surface area contributed by atoms with Crippen LogP contribution in [0.4, 0.5) is 0 Å². The predicted octanol–water partition coefficient (Wildman–Crippen LogP) is 4.74. The molecule has 0 amide bonds. The number of fused-ring (bicyclic) bond motifs is 1. The monoisotopic (exact) mass is 397 g/mol. The molecule has 4 nitrogen and oxygen atoms in total. The number of hydrogen-bond donors (Lipinski definition) is 1. The number of benzene rings is 2. The van der Waals surface area contributed by atoms with Crippen molar-refractivity contribution in [2.45, 2.75) is 24.2 Å². The lowest BCUT2D eigenvalue weighted by atomic mass is 10.1. The summed E-state index contributed by atoms with van der Waals surface area (Å²) in [5, 5.41) is 1.37. The molecule has 5 heteroatoms. The van der Waals surface area contributed by atoms with E-state index >= 15 is 0 Å². The summed E-state index contributed by atoms with van der Waals surface area (Å²) in [5.41, 5.74) is 2.74. The molecule has 0 unspecified atom stereocenters. The molecule has 1 N–H and O–H groups in total. The standard InChI is InChI=1S/C23H31N3OS/c1-25(2)16-7-17-27-20-11-13-21(14-12-20)28-24-15-6-8-19-18-26(3)23-10-5-4-9-22(19)23/h4-5,9-14,18,24H,6-8,15-17H2,1-3H3. The van der Waals surface area contributed by atoms with E-state index in [1.54, 1.807) is 11.9 Å². The summed E-state index contributed by atoms with van der Waals surface area (Å²) in [5.74, 6) is 0.944. The highest BCUT2D eigenvalue weighted by molar-refractivity contribution is 7.97. The first-order valence-corrected chi connectivity index (χ1v) is 10.8. The van der Waals surface area contributed by atoms with E-state index in [1.807, 2.05) is 0 Å². The number of nitrogens with one attached hydrogen (secondary N) is 1. The van der Waals surface area contributed by atoms with Crippen LogP contribution in [0.15, 0.2) is 59.6 Å². The van der Waals surface area contributed by atoms with Crippen LogP contribution in [0.1, 0.15) is 18.4 Å². The minimum Gasteiger partial charge on any atom is -0.494 e. The molecule has 0 aliphatic carbocycles. The molecule has 0 bridgehead atoms. The van der Waals surface area contributed by atoms with Gasteiger partial charge in [0.05, 0.1) is 6.61 Å². The number of rotatable bonds is 11. The minimum atomic E-state index is 0.761. The molecule has 3 aromatic rings. The van der Waals surface area contributed by atoms with Crippen LogP contribution in [0.2, 0.25) is 0 Å². The van der Waals surface area contributed by atoms with E-state index in [2.05, 4.69) is 90.1 Å². The first-order valence-electron chi connectivity index (χ1n) is 9.94. The summed E-state index contributed by atoms with van der Waals surface area (Å²) in [6, 6.07) is 17.0. The summed E-state index contributed by atoms with van der Waals surface area (Å²) >= 11 is 1.69. The molecule has 0 fully saturated rings. The van der Waals surface area contributed by atoms with Gasteiger partial charge >= 0.3 is 0 Å². The van der Waals surface area contributed by atoms with Crippen molar-refractivity contribution >= 4 is 22.9 Å². The van der Waals surface area contributed by atoms with E-state index in [0.29, 0.717) is 0 Å². The van der Waals surface area contributed by atoms with Gasteiger partial charge in [0.25, 0.3) is 0 Å². The summed E-state index contributed by atoms with van der Waals surface area (Å²) in [7, 11) is 6.29. The first kappa shape index (κ1) is 20.8.